The highest BCUT2D eigenvalue weighted by atomic mass is 16.5. The topological polar surface area (TPSA) is 70.6 Å². The molecule has 1 saturated heterocycles. The van der Waals surface area contributed by atoms with E-state index in [1.807, 2.05) is 36.2 Å². The molecule has 30 heavy (non-hydrogen) atoms. The van der Waals surface area contributed by atoms with Crippen LogP contribution in [0.2, 0.25) is 0 Å². The Hall–Kier alpha value is -2.67. The van der Waals surface area contributed by atoms with E-state index in [9.17, 15) is 4.79 Å². The first-order valence-electron chi connectivity index (χ1n) is 10.7. The van der Waals surface area contributed by atoms with Crippen molar-refractivity contribution in [3.05, 3.63) is 46.9 Å². The molecule has 1 atom stereocenters. The van der Waals surface area contributed by atoms with Crippen molar-refractivity contribution in [3.8, 4) is 5.75 Å². The van der Waals surface area contributed by atoms with Gasteiger partial charge in [0, 0.05) is 31.6 Å². The SMILES string of the molecule is CNc1nc(C2CCCN(C)C2)nc2c1CCN(C(=O)Cc1ccc(OC)cc1)C2. The number of benzene rings is 1. The lowest BCUT2D eigenvalue weighted by atomic mass is 9.96. The lowest BCUT2D eigenvalue weighted by Gasteiger charge is -2.32. The third-order valence-corrected chi connectivity index (χ3v) is 6.18. The predicted octanol–water partition coefficient (Wildman–Crippen LogP) is 2.46. The number of carbonyl (C=O) groups excluding carboxylic acids is 1. The van der Waals surface area contributed by atoms with Gasteiger partial charge in [-0.05, 0) is 50.6 Å². The molecule has 0 spiro atoms. The molecule has 7 heteroatoms. The Morgan fingerprint density at radius 3 is 2.73 bits per heavy atom. The van der Waals surface area contributed by atoms with Crippen molar-refractivity contribution in [1.29, 1.82) is 0 Å². The van der Waals surface area contributed by atoms with E-state index in [0.717, 1.165) is 60.1 Å². The fraction of sp³-hybridized carbons (Fsp3) is 0.522. The number of aromatic nitrogens is 2. The van der Waals surface area contributed by atoms with Gasteiger partial charge in [0.2, 0.25) is 5.91 Å². The van der Waals surface area contributed by atoms with E-state index in [-0.39, 0.29) is 5.91 Å². The van der Waals surface area contributed by atoms with Gasteiger partial charge in [0.1, 0.15) is 17.4 Å². The van der Waals surface area contributed by atoms with E-state index in [1.54, 1.807) is 7.11 Å². The van der Waals surface area contributed by atoms with E-state index in [1.165, 1.54) is 6.42 Å². The van der Waals surface area contributed by atoms with Crippen LogP contribution in [0.5, 0.6) is 5.75 Å². The van der Waals surface area contributed by atoms with Crippen molar-refractivity contribution < 1.29 is 9.53 Å². The zero-order valence-electron chi connectivity index (χ0n) is 18.1. The molecule has 0 saturated carbocycles. The fourth-order valence-corrected chi connectivity index (χ4v) is 4.46. The Balaban J connectivity index is 1.51. The average Bonchev–Trinajstić information content (AvgIpc) is 2.78. The normalized spacial score (nSPS) is 19.3. The quantitative estimate of drug-likeness (QED) is 0.818. The first-order valence-corrected chi connectivity index (χ1v) is 10.7. The number of anilines is 1. The molecule has 4 rings (SSSR count). The summed E-state index contributed by atoms with van der Waals surface area (Å²) in [5.74, 6) is 3.12. The molecule has 1 fully saturated rings. The van der Waals surface area contributed by atoms with E-state index in [2.05, 4.69) is 17.3 Å². The van der Waals surface area contributed by atoms with Gasteiger partial charge < -0.3 is 19.9 Å². The summed E-state index contributed by atoms with van der Waals surface area (Å²) in [6.07, 6.45) is 3.46. The summed E-state index contributed by atoms with van der Waals surface area (Å²) in [5, 5.41) is 3.26. The zero-order chi connectivity index (χ0) is 21.1. The summed E-state index contributed by atoms with van der Waals surface area (Å²) in [5.41, 5.74) is 3.14. The molecule has 1 amide bonds. The van der Waals surface area contributed by atoms with Crippen LogP contribution in [0.3, 0.4) is 0 Å². The van der Waals surface area contributed by atoms with Crippen LogP contribution in [0.25, 0.3) is 0 Å². The third kappa shape index (κ3) is 4.41. The number of rotatable bonds is 5. The predicted molar refractivity (Wildman–Crippen MR) is 117 cm³/mol. The number of hydrogen-bond donors (Lipinski definition) is 1. The molecule has 2 aliphatic heterocycles. The summed E-state index contributed by atoms with van der Waals surface area (Å²) in [7, 11) is 5.72. The maximum absolute atomic E-state index is 12.9. The molecule has 160 valence electrons. The molecule has 0 aliphatic carbocycles. The Morgan fingerprint density at radius 1 is 1.23 bits per heavy atom. The van der Waals surface area contributed by atoms with Gasteiger partial charge in [-0.2, -0.15) is 0 Å². The van der Waals surface area contributed by atoms with Crippen LogP contribution in [-0.2, 0) is 24.2 Å². The van der Waals surface area contributed by atoms with E-state index in [0.29, 0.717) is 25.4 Å². The number of piperidine rings is 1. The monoisotopic (exact) mass is 409 g/mol. The summed E-state index contributed by atoms with van der Waals surface area (Å²) in [6.45, 7) is 3.37. The molecular weight excluding hydrogens is 378 g/mol. The average molecular weight is 410 g/mol. The fourth-order valence-electron chi connectivity index (χ4n) is 4.46. The number of hydrogen-bond acceptors (Lipinski definition) is 6. The lowest BCUT2D eigenvalue weighted by Crippen LogP contribution is -2.38. The van der Waals surface area contributed by atoms with Gasteiger partial charge in [0.25, 0.3) is 0 Å². The minimum Gasteiger partial charge on any atom is -0.497 e. The molecule has 1 unspecified atom stereocenters. The van der Waals surface area contributed by atoms with Crippen LogP contribution in [0.1, 0.15) is 41.4 Å². The molecule has 1 aromatic carbocycles. The molecule has 1 aromatic heterocycles. The number of likely N-dealkylation sites (N-methyl/N-ethyl adjacent to an activating group) is 1. The molecule has 0 bridgehead atoms. The second kappa shape index (κ2) is 9.00. The number of nitrogens with zero attached hydrogens (tertiary/aromatic N) is 4. The minimum atomic E-state index is 0.134. The molecule has 2 aliphatic rings. The third-order valence-electron chi connectivity index (χ3n) is 6.18. The number of methoxy groups -OCH3 is 1. The van der Waals surface area contributed by atoms with Crippen molar-refractivity contribution in [3.63, 3.8) is 0 Å². The van der Waals surface area contributed by atoms with Crippen LogP contribution in [0.4, 0.5) is 5.82 Å². The minimum absolute atomic E-state index is 0.134. The number of likely N-dealkylation sites (tertiary alicyclic amines) is 1. The highest BCUT2D eigenvalue weighted by molar-refractivity contribution is 5.79. The van der Waals surface area contributed by atoms with Crippen LogP contribution >= 0.6 is 0 Å². The van der Waals surface area contributed by atoms with Crippen molar-refractivity contribution in [2.75, 3.05) is 46.2 Å². The van der Waals surface area contributed by atoms with Crippen LogP contribution < -0.4 is 10.1 Å². The van der Waals surface area contributed by atoms with Crippen LogP contribution in [0.15, 0.2) is 24.3 Å². The number of amides is 1. The van der Waals surface area contributed by atoms with Gasteiger partial charge in [-0.15, -0.1) is 0 Å². The van der Waals surface area contributed by atoms with E-state index >= 15 is 0 Å². The standard InChI is InChI=1S/C23H31N5O2/c1-24-23-19-10-12-28(21(29)13-16-6-8-18(30-3)9-7-16)15-20(19)25-22(26-23)17-5-4-11-27(2)14-17/h6-9,17H,4-5,10-15H2,1-3H3,(H,24,25,26). The Kier molecular flexibility index (Phi) is 6.18. The summed E-state index contributed by atoms with van der Waals surface area (Å²) >= 11 is 0. The highest BCUT2D eigenvalue weighted by Gasteiger charge is 2.28. The van der Waals surface area contributed by atoms with Crippen LogP contribution in [0, 0.1) is 0 Å². The molecule has 2 aromatic rings. The van der Waals surface area contributed by atoms with Crippen LogP contribution in [-0.4, -0.2) is 66.5 Å². The van der Waals surface area contributed by atoms with E-state index < -0.39 is 0 Å². The molecule has 1 N–H and O–H groups in total. The van der Waals surface area contributed by atoms with Gasteiger partial charge in [-0.25, -0.2) is 9.97 Å². The zero-order valence-corrected chi connectivity index (χ0v) is 18.1. The smallest absolute Gasteiger partial charge is 0.227 e. The van der Waals surface area contributed by atoms with Gasteiger partial charge in [-0.1, -0.05) is 12.1 Å². The Bertz CT molecular complexity index is 899. The van der Waals surface area contributed by atoms with Gasteiger partial charge in [-0.3, -0.25) is 4.79 Å². The summed E-state index contributed by atoms with van der Waals surface area (Å²) in [6, 6.07) is 7.70. The second-order valence-electron chi connectivity index (χ2n) is 8.30. The first-order chi connectivity index (χ1) is 14.6. The highest BCUT2D eigenvalue weighted by Crippen LogP contribution is 2.29. The van der Waals surface area contributed by atoms with Crippen molar-refractivity contribution >= 4 is 11.7 Å². The first kappa shape index (κ1) is 20.6. The maximum Gasteiger partial charge on any atom is 0.227 e. The molecular formula is C23H31N5O2. The van der Waals surface area contributed by atoms with Gasteiger partial charge >= 0.3 is 0 Å². The van der Waals surface area contributed by atoms with E-state index in [4.69, 9.17) is 14.7 Å². The van der Waals surface area contributed by atoms with Crippen molar-refractivity contribution in [2.24, 2.45) is 0 Å². The largest absolute Gasteiger partial charge is 0.497 e. The summed E-state index contributed by atoms with van der Waals surface area (Å²) in [4.78, 5) is 27.0. The van der Waals surface area contributed by atoms with Crippen molar-refractivity contribution in [2.45, 2.75) is 38.1 Å². The lowest BCUT2D eigenvalue weighted by molar-refractivity contribution is -0.131. The maximum atomic E-state index is 12.9. The van der Waals surface area contributed by atoms with Crippen molar-refractivity contribution in [1.82, 2.24) is 19.8 Å². The number of nitrogens with one attached hydrogen (secondary N) is 1. The second-order valence-corrected chi connectivity index (χ2v) is 8.30. The Morgan fingerprint density at radius 2 is 2.03 bits per heavy atom. The molecule has 0 radical (unpaired) electrons. The molecule has 3 heterocycles. The Labute approximate surface area is 178 Å². The van der Waals surface area contributed by atoms with Gasteiger partial charge in [0.05, 0.1) is 25.8 Å². The number of carbonyl (C=O) groups is 1. The number of fused-ring (bicyclic) bond motifs is 1. The number of ether oxygens (including phenoxy) is 1. The summed E-state index contributed by atoms with van der Waals surface area (Å²) < 4.78 is 5.20. The molecule has 7 nitrogen and oxygen atoms in total. The van der Waals surface area contributed by atoms with Gasteiger partial charge in [0.15, 0.2) is 0 Å².